The van der Waals surface area contributed by atoms with Crippen molar-refractivity contribution >= 4 is 24.2 Å². The second kappa shape index (κ2) is 5.21. The molecule has 0 aliphatic carbocycles. The van der Waals surface area contributed by atoms with Crippen LogP contribution in [0.15, 0.2) is 47.4 Å². The Morgan fingerprint density at radius 1 is 1.15 bits per heavy atom. The summed E-state index contributed by atoms with van der Waals surface area (Å²) in [7, 11) is 0. The molecule has 0 bridgehead atoms. The minimum Gasteiger partial charge on any atom is -0.399 e. The van der Waals surface area contributed by atoms with Crippen molar-refractivity contribution in [2.45, 2.75) is 17.9 Å². The van der Waals surface area contributed by atoms with Crippen LogP contribution in [-0.4, -0.2) is 17.4 Å². The van der Waals surface area contributed by atoms with Gasteiger partial charge in [0, 0.05) is 23.7 Å². The standard InChI is InChI=1S/C16H16N2OS/c17-13-6-5-11-7-8-18(10-12(11)9-13)16(19)14-3-1-2-4-15(14)20/h1-6,9,20H,7-8,10,17H2. The summed E-state index contributed by atoms with van der Waals surface area (Å²) in [5.41, 5.74) is 9.64. The zero-order valence-electron chi connectivity index (χ0n) is 11.0. The molecule has 1 heterocycles. The van der Waals surface area contributed by atoms with Gasteiger partial charge in [0.2, 0.25) is 0 Å². The van der Waals surface area contributed by atoms with Crippen LogP contribution < -0.4 is 5.73 Å². The van der Waals surface area contributed by atoms with Crippen molar-refractivity contribution in [3.8, 4) is 0 Å². The average Bonchev–Trinajstić information content (AvgIpc) is 2.46. The number of carbonyl (C=O) groups is 1. The number of hydrogen-bond donors (Lipinski definition) is 2. The molecular weight excluding hydrogens is 268 g/mol. The minimum absolute atomic E-state index is 0.0312. The Kier molecular flexibility index (Phi) is 3.40. The number of rotatable bonds is 1. The van der Waals surface area contributed by atoms with E-state index in [1.165, 1.54) is 5.56 Å². The number of nitrogens with zero attached hydrogens (tertiary/aromatic N) is 1. The Balaban J connectivity index is 1.87. The van der Waals surface area contributed by atoms with Crippen LogP contribution in [0, 0.1) is 0 Å². The van der Waals surface area contributed by atoms with Gasteiger partial charge in [-0.15, -0.1) is 12.6 Å². The highest BCUT2D eigenvalue weighted by atomic mass is 32.1. The van der Waals surface area contributed by atoms with Gasteiger partial charge in [-0.3, -0.25) is 4.79 Å². The van der Waals surface area contributed by atoms with E-state index in [0.29, 0.717) is 12.1 Å². The second-order valence-electron chi connectivity index (χ2n) is 5.02. The van der Waals surface area contributed by atoms with E-state index in [4.69, 9.17) is 5.73 Å². The molecule has 2 aromatic rings. The predicted molar refractivity (Wildman–Crippen MR) is 83.0 cm³/mol. The Morgan fingerprint density at radius 2 is 1.95 bits per heavy atom. The van der Waals surface area contributed by atoms with Crippen LogP contribution >= 0.6 is 12.6 Å². The summed E-state index contributed by atoms with van der Waals surface area (Å²) in [6, 6.07) is 13.3. The summed E-state index contributed by atoms with van der Waals surface area (Å²) in [4.78, 5) is 15.1. The third-order valence-corrected chi connectivity index (χ3v) is 4.05. The Bertz CT molecular complexity index is 669. The van der Waals surface area contributed by atoms with Crippen molar-refractivity contribution in [1.29, 1.82) is 0 Å². The molecule has 0 unspecified atom stereocenters. The summed E-state index contributed by atoms with van der Waals surface area (Å²) in [5, 5.41) is 0. The summed E-state index contributed by atoms with van der Waals surface area (Å²) in [6.45, 7) is 1.35. The predicted octanol–water partition coefficient (Wildman–Crippen LogP) is 2.76. The summed E-state index contributed by atoms with van der Waals surface area (Å²) in [5.74, 6) is 0.0312. The molecule has 0 fully saturated rings. The van der Waals surface area contributed by atoms with Gasteiger partial charge < -0.3 is 10.6 Å². The lowest BCUT2D eigenvalue weighted by Gasteiger charge is -2.29. The Morgan fingerprint density at radius 3 is 2.75 bits per heavy atom. The van der Waals surface area contributed by atoms with E-state index in [1.807, 2.05) is 41.3 Å². The molecule has 1 amide bonds. The summed E-state index contributed by atoms with van der Waals surface area (Å²) < 4.78 is 0. The van der Waals surface area contributed by atoms with Crippen LogP contribution in [0.25, 0.3) is 0 Å². The van der Waals surface area contributed by atoms with E-state index in [2.05, 4.69) is 18.7 Å². The van der Waals surface area contributed by atoms with Crippen molar-refractivity contribution < 1.29 is 4.79 Å². The molecule has 1 aliphatic heterocycles. The number of thiol groups is 1. The number of anilines is 1. The van der Waals surface area contributed by atoms with Crippen LogP contribution in [0.5, 0.6) is 0 Å². The fourth-order valence-electron chi connectivity index (χ4n) is 2.58. The van der Waals surface area contributed by atoms with Crippen LogP contribution in [0.4, 0.5) is 5.69 Å². The fourth-order valence-corrected chi connectivity index (χ4v) is 2.83. The number of hydrogen-bond acceptors (Lipinski definition) is 3. The highest BCUT2D eigenvalue weighted by Crippen LogP contribution is 2.24. The van der Waals surface area contributed by atoms with Crippen molar-refractivity contribution in [2.75, 3.05) is 12.3 Å². The first-order valence-electron chi connectivity index (χ1n) is 6.59. The van der Waals surface area contributed by atoms with Gasteiger partial charge in [0.15, 0.2) is 0 Å². The molecule has 2 aromatic carbocycles. The van der Waals surface area contributed by atoms with Crippen LogP contribution in [0.3, 0.4) is 0 Å². The van der Waals surface area contributed by atoms with Crippen LogP contribution in [0.2, 0.25) is 0 Å². The molecule has 0 radical (unpaired) electrons. The van der Waals surface area contributed by atoms with E-state index in [9.17, 15) is 4.79 Å². The first kappa shape index (κ1) is 13.1. The maximum Gasteiger partial charge on any atom is 0.255 e. The molecule has 3 rings (SSSR count). The van der Waals surface area contributed by atoms with Gasteiger partial charge >= 0.3 is 0 Å². The number of carbonyl (C=O) groups excluding carboxylic acids is 1. The van der Waals surface area contributed by atoms with Crippen molar-refractivity contribution in [3.05, 3.63) is 59.2 Å². The number of nitrogen functional groups attached to an aromatic ring is 1. The molecule has 0 aromatic heterocycles. The smallest absolute Gasteiger partial charge is 0.255 e. The lowest BCUT2D eigenvalue weighted by Crippen LogP contribution is -2.36. The molecule has 2 N–H and O–H groups in total. The largest absolute Gasteiger partial charge is 0.399 e. The Labute approximate surface area is 123 Å². The van der Waals surface area contributed by atoms with Crippen LogP contribution in [-0.2, 0) is 13.0 Å². The maximum absolute atomic E-state index is 12.6. The van der Waals surface area contributed by atoms with Gasteiger partial charge in [-0.2, -0.15) is 0 Å². The van der Waals surface area contributed by atoms with E-state index >= 15 is 0 Å². The van der Waals surface area contributed by atoms with E-state index in [-0.39, 0.29) is 5.91 Å². The quantitative estimate of drug-likeness (QED) is 0.625. The van der Waals surface area contributed by atoms with Gasteiger partial charge in [-0.25, -0.2) is 0 Å². The van der Waals surface area contributed by atoms with Crippen molar-refractivity contribution in [2.24, 2.45) is 0 Å². The zero-order valence-corrected chi connectivity index (χ0v) is 11.9. The molecule has 4 heteroatoms. The van der Waals surface area contributed by atoms with Gasteiger partial charge in [-0.05, 0) is 41.8 Å². The van der Waals surface area contributed by atoms with Gasteiger partial charge in [0.25, 0.3) is 5.91 Å². The number of benzene rings is 2. The molecular formula is C16H16N2OS. The Hall–Kier alpha value is -1.94. The first-order valence-corrected chi connectivity index (χ1v) is 7.04. The van der Waals surface area contributed by atoms with Crippen LogP contribution in [0.1, 0.15) is 21.5 Å². The third-order valence-electron chi connectivity index (χ3n) is 3.66. The molecule has 0 saturated carbocycles. The third kappa shape index (κ3) is 2.39. The summed E-state index contributed by atoms with van der Waals surface area (Å²) in [6.07, 6.45) is 0.871. The highest BCUT2D eigenvalue weighted by molar-refractivity contribution is 7.80. The number of nitrogens with two attached hydrogens (primary N) is 1. The van der Waals surface area contributed by atoms with E-state index in [1.54, 1.807) is 0 Å². The zero-order chi connectivity index (χ0) is 14.1. The van der Waals surface area contributed by atoms with E-state index in [0.717, 1.165) is 29.1 Å². The maximum atomic E-state index is 12.6. The molecule has 3 nitrogen and oxygen atoms in total. The van der Waals surface area contributed by atoms with E-state index < -0.39 is 0 Å². The highest BCUT2D eigenvalue weighted by Gasteiger charge is 2.22. The van der Waals surface area contributed by atoms with Gasteiger partial charge in [-0.1, -0.05) is 18.2 Å². The number of amides is 1. The second-order valence-corrected chi connectivity index (χ2v) is 5.50. The SMILES string of the molecule is Nc1ccc2c(c1)CN(C(=O)c1ccccc1S)CC2. The lowest BCUT2D eigenvalue weighted by molar-refractivity contribution is 0.0731. The molecule has 1 aliphatic rings. The van der Waals surface area contributed by atoms with Crippen molar-refractivity contribution in [1.82, 2.24) is 4.90 Å². The van der Waals surface area contributed by atoms with Gasteiger partial charge in [0.05, 0.1) is 5.56 Å². The summed E-state index contributed by atoms with van der Waals surface area (Å²) >= 11 is 4.36. The average molecular weight is 284 g/mol. The van der Waals surface area contributed by atoms with Crippen molar-refractivity contribution in [3.63, 3.8) is 0 Å². The monoisotopic (exact) mass is 284 g/mol. The normalized spacial score (nSPS) is 13.9. The minimum atomic E-state index is 0.0312. The molecule has 0 spiro atoms. The topological polar surface area (TPSA) is 46.3 Å². The van der Waals surface area contributed by atoms with Gasteiger partial charge in [0.1, 0.15) is 0 Å². The first-order chi connectivity index (χ1) is 9.65. The molecule has 102 valence electrons. The molecule has 20 heavy (non-hydrogen) atoms. The lowest BCUT2D eigenvalue weighted by atomic mass is 9.98. The molecule has 0 atom stereocenters. The molecule has 0 saturated heterocycles. The fraction of sp³-hybridized carbons (Fsp3) is 0.188. The number of fused-ring (bicyclic) bond motifs is 1.